The second-order valence-electron chi connectivity index (χ2n) is 9.51. The van der Waals surface area contributed by atoms with E-state index in [-0.39, 0.29) is 17.7 Å². The van der Waals surface area contributed by atoms with Crippen LogP contribution >= 0.6 is 11.8 Å². The summed E-state index contributed by atoms with van der Waals surface area (Å²) in [6, 6.07) is -2.04. The highest BCUT2D eigenvalue weighted by molar-refractivity contribution is 7.98. The average Bonchev–Trinajstić information content (AvgIpc) is 2.73. The van der Waals surface area contributed by atoms with Crippen molar-refractivity contribution in [2.24, 2.45) is 17.6 Å². The van der Waals surface area contributed by atoms with Crippen molar-refractivity contribution in [2.75, 3.05) is 18.6 Å². The minimum atomic E-state index is -1.34. The molecule has 4 amide bonds. The Morgan fingerprint density at radius 3 is 2.18 bits per heavy atom. The summed E-state index contributed by atoms with van der Waals surface area (Å²) in [5.74, 6) is -2.29. The number of amides is 4. The molecule has 12 heteroatoms. The lowest BCUT2D eigenvalue weighted by molar-refractivity contribution is -0.144. The lowest BCUT2D eigenvalue weighted by Crippen LogP contribution is -2.49. The van der Waals surface area contributed by atoms with E-state index in [9.17, 15) is 24.0 Å². The fourth-order valence-electron chi connectivity index (χ4n) is 3.64. The van der Waals surface area contributed by atoms with Gasteiger partial charge in [0, 0.05) is 12.5 Å². The number of ether oxygens (including phenoxy) is 1. The van der Waals surface area contributed by atoms with Crippen molar-refractivity contribution in [3.05, 3.63) is 0 Å². The fraction of sp³-hybridized carbons (Fsp3) is 0.773. The fourth-order valence-corrected chi connectivity index (χ4v) is 4.11. The first-order valence-corrected chi connectivity index (χ1v) is 12.8. The van der Waals surface area contributed by atoms with Crippen molar-refractivity contribution in [1.29, 1.82) is 0 Å². The number of carbonyl (C=O) groups is 5. The second kappa shape index (κ2) is 14.0. The van der Waals surface area contributed by atoms with E-state index in [4.69, 9.17) is 15.6 Å². The largest absolute Gasteiger partial charge is 0.480 e. The van der Waals surface area contributed by atoms with E-state index in [1.807, 2.05) is 6.26 Å². The molecule has 0 spiro atoms. The molecule has 0 aromatic rings. The molecule has 0 saturated heterocycles. The van der Waals surface area contributed by atoms with Gasteiger partial charge >= 0.3 is 12.1 Å². The third kappa shape index (κ3) is 11.6. The summed E-state index contributed by atoms with van der Waals surface area (Å²) in [7, 11) is 0. The van der Waals surface area contributed by atoms with Crippen LogP contribution in [0.25, 0.3) is 0 Å². The molecule has 0 bridgehead atoms. The number of carboxylic acids is 1. The van der Waals surface area contributed by atoms with Crippen molar-refractivity contribution in [3.63, 3.8) is 0 Å². The molecule has 0 radical (unpaired) electrons. The van der Waals surface area contributed by atoms with Gasteiger partial charge in [-0.25, -0.2) is 9.59 Å². The zero-order valence-corrected chi connectivity index (χ0v) is 21.2. The zero-order chi connectivity index (χ0) is 25.9. The molecule has 6 N–H and O–H groups in total. The van der Waals surface area contributed by atoms with Crippen LogP contribution in [0, 0.1) is 11.8 Å². The molecule has 1 aliphatic rings. The molecule has 0 heterocycles. The predicted octanol–water partition coefficient (Wildman–Crippen LogP) is 1.00. The number of hydrogen-bond acceptors (Lipinski definition) is 7. The Bertz CT molecular complexity index is 733. The number of carbonyl (C=O) groups excluding carboxylic acids is 4. The van der Waals surface area contributed by atoms with E-state index in [0.29, 0.717) is 44.4 Å². The van der Waals surface area contributed by atoms with E-state index < -0.39 is 48.0 Å². The average molecular weight is 503 g/mol. The standard InChI is InChI=1S/C22H38N4O7S/c1-22(2,3)33-21(32)26-15(9-10-34-4)19(29)24-12-13-5-7-14(8-6-13)18(28)25-16(20(30)31)11-17(23)27/h13-16H,5-12H2,1-4H3,(H2,23,27)(H,24,29)(H,25,28)(H,26,32)(H,30,31). The Kier molecular flexibility index (Phi) is 12.2. The Hall–Kier alpha value is -2.50. The first-order valence-electron chi connectivity index (χ1n) is 11.4. The smallest absolute Gasteiger partial charge is 0.408 e. The normalized spacial score (nSPS) is 19.9. The van der Waals surface area contributed by atoms with Crippen LogP contribution in [0.15, 0.2) is 0 Å². The summed E-state index contributed by atoms with van der Waals surface area (Å²) in [5, 5.41) is 17.1. The zero-order valence-electron chi connectivity index (χ0n) is 20.3. The highest BCUT2D eigenvalue weighted by Crippen LogP contribution is 2.28. The summed E-state index contributed by atoms with van der Waals surface area (Å²) in [6.45, 7) is 5.66. The number of rotatable bonds is 12. The Balaban J connectivity index is 2.52. The summed E-state index contributed by atoms with van der Waals surface area (Å²) >= 11 is 1.57. The summed E-state index contributed by atoms with van der Waals surface area (Å²) in [5.41, 5.74) is 4.38. The van der Waals surface area contributed by atoms with Crippen LogP contribution in [0.3, 0.4) is 0 Å². The number of aliphatic carboxylic acids is 1. The van der Waals surface area contributed by atoms with E-state index >= 15 is 0 Å². The maximum Gasteiger partial charge on any atom is 0.408 e. The van der Waals surface area contributed by atoms with Gasteiger partial charge in [-0.3, -0.25) is 14.4 Å². The molecular formula is C22H38N4O7S. The van der Waals surface area contributed by atoms with Gasteiger partial charge in [-0.1, -0.05) is 0 Å². The monoisotopic (exact) mass is 502 g/mol. The summed E-state index contributed by atoms with van der Waals surface area (Å²) in [4.78, 5) is 59.4. The topological polar surface area (TPSA) is 177 Å². The van der Waals surface area contributed by atoms with Crippen molar-refractivity contribution < 1.29 is 33.8 Å². The Morgan fingerprint density at radius 1 is 1.06 bits per heavy atom. The maximum absolute atomic E-state index is 12.7. The minimum absolute atomic E-state index is 0.164. The number of hydrogen-bond donors (Lipinski definition) is 5. The van der Waals surface area contributed by atoms with Crippen molar-refractivity contribution in [3.8, 4) is 0 Å². The molecule has 11 nitrogen and oxygen atoms in total. The van der Waals surface area contributed by atoms with Crippen molar-refractivity contribution in [2.45, 2.75) is 77.0 Å². The molecule has 0 aliphatic heterocycles. The van der Waals surface area contributed by atoms with Crippen LogP contribution in [0.4, 0.5) is 4.79 Å². The first-order chi connectivity index (χ1) is 15.8. The molecule has 34 heavy (non-hydrogen) atoms. The molecule has 1 rings (SSSR count). The lowest BCUT2D eigenvalue weighted by Gasteiger charge is -2.29. The van der Waals surface area contributed by atoms with Gasteiger partial charge < -0.3 is 31.5 Å². The number of alkyl carbamates (subject to hydrolysis) is 1. The molecule has 194 valence electrons. The van der Waals surface area contributed by atoms with E-state index in [1.54, 1.807) is 32.5 Å². The summed E-state index contributed by atoms with van der Waals surface area (Å²) < 4.78 is 5.25. The molecule has 1 aliphatic carbocycles. The quantitative estimate of drug-likeness (QED) is 0.262. The molecule has 2 atom stereocenters. The van der Waals surface area contributed by atoms with Crippen molar-refractivity contribution >= 4 is 41.5 Å². The van der Waals surface area contributed by atoms with Crippen LogP contribution in [0.5, 0.6) is 0 Å². The minimum Gasteiger partial charge on any atom is -0.480 e. The van der Waals surface area contributed by atoms with Crippen molar-refractivity contribution in [1.82, 2.24) is 16.0 Å². The predicted molar refractivity (Wildman–Crippen MR) is 128 cm³/mol. The molecule has 1 fully saturated rings. The highest BCUT2D eigenvalue weighted by Gasteiger charge is 2.31. The van der Waals surface area contributed by atoms with Gasteiger partial charge in [0.2, 0.25) is 17.7 Å². The van der Waals surface area contributed by atoms with Crippen LogP contribution in [-0.4, -0.2) is 71.1 Å². The Morgan fingerprint density at radius 2 is 1.68 bits per heavy atom. The number of primary amides is 1. The number of thioether (sulfide) groups is 1. The molecule has 2 unspecified atom stereocenters. The molecule has 1 saturated carbocycles. The van der Waals surface area contributed by atoms with E-state index in [1.165, 1.54) is 0 Å². The summed E-state index contributed by atoms with van der Waals surface area (Å²) in [6.07, 6.45) is 3.73. The SMILES string of the molecule is CSCCC(NC(=O)OC(C)(C)C)C(=O)NCC1CCC(C(=O)NC(CC(N)=O)C(=O)O)CC1. The van der Waals surface area contributed by atoms with Gasteiger partial charge in [0.25, 0.3) is 0 Å². The van der Waals surface area contributed by atoms with Crippen LogP contribution in [-0.2, 0) is 23.9 Å². The maximum atomic E-state index is 12.7. The van der Waals surface area contributed by atoms with Crippen LogP contribution in [0.1, 0.15) is 59.3 Å². The third-order valence-electron chi connectivity index (χ3n) is 5.42. The van der Waals surface area contributed by atoms with E-state index in [0.717, 1.165) is 0 Å². The second-order valence-corrected chi connectivity index (χ2v) is 10.5. The van der Waals surface area contributed by atoms with E-state index in [2.05, 4.69) is 16.0 Å². The number of nitrogens with one attached hydrogen (secondary N) is 3. The molecule has 0 aromatic heterocycles. The van der Waals surface area contributed by atoms with Gasteiger partial charge in [-0.05, 0) is 70.8 Å². The molecular weight excluding hydrogens is 464 g/mol. The Labute approximate surface area is 204 Å². The first kappa shape index (κ1) is 29.5. The van der Waals surface area contributed by atoms with Crippen LogP contribution < -0.4 is 21.7 Å². The number of nitrogens with two attached hydrogens (primary N) is 1. The highest BCUT2D eigenvalue weighted by atomic mass is 32.2. The molecule has 0 aromatic carbocycles. The number of carboxylic acid groups (broad SMARTS) is 1. The van der Waals surface area contributed by atoms with Gasteiger partial charge in [-0.15, -0.1) is 0 Å². The lowest BCUT2D eigenvalue weighted by atomic mass is 9.81. The van der Waals surface area contributed by atoms with Gasteiger partial charge in [0.15, 0.2) is 0 Å². The van der Waals surface area contributed by atoms with Gasteiger partial charge in [0.1, 0.15) is 17.7 Å². The van der Waals surface area contributed by atoms with Gasteiger partial charge in [-0.2, -0.15) is 11.8 Å². The van der Waals surface area contributed by atoms with Crippen LogP contribution in [0.2, 0.25) is 0 Å². The van der Waals surface area contributed by atoms with Gasteiger partial charge in [0.05, 0.1) is 6.42 Å². The third-order valence-corrected chi connectivity index (χ3v) is 6.06.